The van der Waals surface area contributed by atoms with Crippen molar-refractivity contribution in [3.63, 3.8) is 0 Å². The van der Waals surface area contributed by atoms with E-state index in [0.717, 1.165) is 12.8 Å². The third kappa shape index (κ3) is 4.13. The van der Waals surface area contributed by atoms with Gasteiger partial charge in [-0.1, -0.05) is 37.7 Å². The van der Waals surface area contributed by atoms with Crippen molar-refractivity contribution in [3.05, 3.63) is 34.6 Å². The van der Waals surface area contributed by atoms with Crippen molar-refractivity contribution < 1.29 is 4.79 Å². The van der Waals surface area contributed by atoms with E-state index in [1.165, 1.54) is 11.8 Å². The molecule has 0 radical (unpaired) electrons. The lowest BCUT2D eigenvalue weighted by Gasteiger charge is -2.18. The molecule has 2 rings (SSSR count). The molecule has 1 heterocycles. The number of carbonyl (C=O) groups excluding carboxylic acids is 1. The normalized spacial score (nSPS) is 12.3. The molecule has 0 saturated heterocycles. The van der Waals surface area contributed by atoms with Crippen LogP contribution in [-0.4, -0.2) is 27.8 Å². The van der Waals surface area contributed by atoms with Crippen molar-refractivity contribution in [2.45, 2.75) is 44.8 Å². The van der Waals surface area contributed by atoms with Crippen LogP contribution in [0.25, 0.3) is 10.9 Å². The number of hydrogen-bond acceptors (Lipinski definition) is 4. The number of amides is 1. The van der Waals surface area contributed by atoms with Crippen LogP contribution in [0.15, 0.2) is 34.2 Å². The number of benzene rings is 1. The van der Waals surface area contributed by atoms with E-state index in [0.29, 0.717) is 22.6 Å². The number of hydrogen-bond donors (Lipinski definition) is 1. The molecule has 5 nitrogen and oxygen atoms in total. The molecule has 1 atom stereocenters. The van der Waals surface area contributed by atoms with Gasteiger partial charge in [-0.05, 0) is 31.9 Å². The Morgan fingerprint density at radius 1 is 1.35 bits per heavy atom. The fraction of sp³-hybridized carbons (Fsp3) is 0.471. The standard InChI is InChI=1S/C17H23N3O2S/c1-4-10-18-15(21)11-23-17-19-14-9-7-6-8-13(14)16(22)20(17)12(3)5-2/h6-9,12H,4-5,10-11H2,1-3H3,(H,18,21). The fourth-order valence-corrected chi connectivity index (χ4v) is 3.17. The van der Waals surface area contributed by atoms with Gasteiger partial charge in [0.15, 0.2) is 5.16 Å². The Morgan fingerprint density at radius 2 is 2.09 bits per heavy atom. The lowest BCUT2D eigenvalue weighted by atomic mass is 10.2. The van der Waals surface area contributed by atoms with Crippen LogP contribution < -0.4 is 10.9 Å². The Morgan fingerprint density at radius 3 is 2.78 bits per heavy atom. The van der Waals surface area contributed by atoms with E-state index in [9.17, 15) is 9.59 Å². The van der Waals surface area contributed by atoms with Gasteiger partial charge in [0.05, 0.1) is 16.7 Å². The van der Waals surface area contributed by atoms with Gasteiger partial charge in [-0.2, -0.15) is 0 Å². The number of aromatic nitrogens is 2. The summed E-state index contributed by atoms with van der Waals surface area (Å²) >= 11 is 1.32. The monoisotopic (exact) mass is 333 g/mol. The number of para-hydroxylation sites is 1. The first-order valence-corrected chi connectivity index (χ1v) is 8.97. The summed E-state index contributed by atoms with van der Waals surface area (Å²) in [6.45, 7) is 6.72. The minimum Gasteiger partial charge on any atom is -0.355 e. The summed E-state index contributed by atoms with van der Waals surface area (Å²) in [5.41, 5.74) is 0.634. The predicted molar refractivity (Wildman–Crippen MR) is 95.0 cm³/mol. The molecule has 0 fully saturated rings. The topological polar surface area (TPSA) is 64.0 Å². The van der Waals surface area contributed by atoms with Crippen LogP contribution in [0, 0.1) is 0 Å². The number of nitrogens with zero attached hydrogens (tertiary/aromatic N) is 2. The third-order valence-electron chi connectivity index (χ3n) is 3.71. The Balaban J connectivity index is 2.36. The maximum absolute atomic E-state index is 12.8. The summed E-state index contributed by atoms with van der Waals surface area (Å²) in [5.74, 6) is 0.233. The molecule has 0 bridgehead atoms. The molecule has 1 N–H and O–H groups in total. The molecule has 0 saturated carbocycles. The van der Waals surface area contributed by atoms with E-state index < -0.39 is 0 Å². The predicted octanol–water partition coefficient (Wildman–Crippen LogP) is 2.99. The van der Waals surface area contributed by atoms with Crippen LogP contribution in [0.2, 0.25) is 0 Å². The molecule has 0 spiro atoms. The Labute approximate surface area is 140 Å². The highest BCUT2D eigenvalue weighted by atomic mass is 32.2. The van der Waals surface area contributed by atoms with Gasteiger partial charge in [-0.25, -0.2) is 4.98 Å². The Bertz CT molecular complexity index is 742. The maximum atomic E-state index is 12.8. The van der Waals surface area contributed by atoms with E-state index in [1.807, 2.05) is 39.0 Å². The molecule has 1 unspecified atom stereocenters. The lowest BCUT2D eigenvalue weighted by molar-refractivity contribution is -0.118. The molecule has 0 aliphatic carbocycles. The first-order chi connectivity index (χ1) is 11.1. The highest BCUT2D eigenvalue weighted by Gasteiger charge is 2.16. The zero-order valence-electron chi connectivity index (χ0n) is 13.8. The molecule has 1 aromatic carbocycles. The van der Waals surface area contributed by atoms with Crippen molar-refractivity contribution in [2.75, 3.05) is 12.3 Å². The number of nitrogens with one attached hydrogen (secondary N) is 1. The van der Waals surface area contributed by atoms with Crippen LogP contribution in [-0.2, 0) is 4.79 Å². The minimum atomic E-state index is -0.0404. The Hall–Kier alpha value is -1.82. The lowest BCUT2D eigenvalue weighted by Crippen LogP contribution is -2.28. The number of carbonyl (C=O) groups is 1. The highest BCUT2D eigenvalue weighted by Crippen LogP contribution is 2.22. The number of rotatable bonds is 7. The van der Waals surface area contributed by atoms with Crippen LogP contribution in [0.4, 0.5) is 0 Å². The summed E-state index contributed by atoms with van der Waals surface area (Å²) in [6, 6.07) is 7.38. The third-order valence-corrected chi connectivity index (χ3v) is 4.66. The summed E-state index contributed by atoms with van der Waals surface area (Å²) in [7, 11) is 0. The molecule has 1 amide bonds. The molecule has 2 aromatic rings. The van der Waals surface area contributed by atoms with Gasteiger partial charge in [0.25, 0.3) is 5.56 Å². The molecular weight excluding hydrogens is 310 g/mol. The Kier molecular flexibility index (Phi) is 6.21. The van der Waals surface area contributed by atoms with Crippen LogP contribution in [0.5, 0.6) is 0 Å². The molecule has 23 heavy (non-hydrogen) atoms. The second-order valence-electron chi connectivity index (χ2n) is 5.48. The van der Waals surface area contributed by atoms with Crippen LogP contribution in [0.1, 0.15) is 39.7 Å². The second-order valence-corrected chi connectivity index (χ2v) is 6.43. The minimum absolute atomic E-state index is 0.0324. The zero-order valence-corrected chi connectivity index (χ0v) is 14.7. The van der Waals surface area contributed by atoms with Gasteiger partial charge in [0, 0.05) is 12.6 Å². The van der Waals surface area contributed by atoms with Crippen LogP contribution >= 0.6 is 11.8 Å². The zero-order chi connectivity index (χ0) is 16.8. The SMILES string of the molecule is CCCNC(=O)CSc1nc2ccccc2c(=O)n1C(C)CC. The summed E-state index contributed by atoms with van der Waals surface area (Å²) in [4.78, 5) is 29.2. The van der Waals surface area contributed by atoms with Crippen LogP contribution in [0.3, 0.4) is 0 Å². The highest BCUT2D eigenvalue weighted by molar-refractivity contribution is 7.99. The fourth-order valence-electron chi connectivity index (χ4n) is 2.24. The second kappa shape index (κ2) is 8.15. The van der Waals surface area contributed by atoms with Crippen molar-refractivity contribution in [3.8, 4) is 0 Å². The largest absolute Gasteiger partial charge is 0.355 e. The average molecular weight is 333 g/mol. The first kappa shape index (κ1) is 17.5. The molecule has 0 aliphatic heterocycles. The molecule has 1 aromatic heterocycles. The molecular formula is C17H23N3O2S. The van der Waals surface area contributed by atoms with Gasteiger partial charge in [0.1, 0.15) is 0 Å². The summed E-state index contributed by atoms with van der Waals surface area (Å²) < 4.78 is 1.71. The van der Waals surface area contributed by atoms with Crippen molar-refractivity contribution >= 4 is 28.6 Å². The van der Waals surface area contributed by atoms with Gasteiger partial charge in [-0.3, -0.25) is 14.2 Å². The number of thioether (sulfide) groups is 1. The van der Waals surface area contributed by atoms with Crippen molar-refractivity contribution in [2.24, 2.45) is 0 Å². The summed E-state index contributed by atoms with van der Waals surface area (Å²) in [5, 5.41) is 4.07. The molecule has 124 valence electrons. The van der Waals surface area contributed by atoms with Crippen molar-refractivity contribution in [1.29, 1.82) is 0 Å². The molecule has 0 aliphatic rings. The van der Waals surface area contributed by atoms with Gasteiger partial charge in [0.2, 0.25) is 5.91 Å². The van der Waals surface area contributed by atoms with E-state index in [2.05, 4.69) is 10.3 Å². The van der Waals surface area contributed by atoms with Gasteiger partial charge >= 0.3 is 0 Å². The van der Waals surface area contributed by atoms with Gasteiger partial charge < -0.3 is 5.32 Å². The van der Waals surface area contributed by atoms with E-state index >= 15 is 0 Å². The first-order valence-electron chi connectivity index (χ1n) is 7.99. The van der Waals surface area contributed by atoms with E-state index in [1.54, 1.807) is 10.6 Å². The molecule has 6 heteroatoms. The smallest absolute Gasteiger partial charge is 0.262 e. The van der Waals surface area contributed by atoms with E-state index in [4.69, 9.17) is 0 Å². The van der Waals surface area contributed by atoms with Crippen molar-refractivity contribution in [1.82, 2.24) is 14.9 Å². The summed E-state index contributed by atoms with van der Waals surface area (Å²) in [6.07, 6.45) is 1.73. The quantitative estimate of drug-likeness (QED) is 0.625. The maximum Gasteiger partial charge on any atom is 0.262 e. The van der Waals surface area contributed by atoms with Gasteiger partial charge in [-0.15, -0.1) is 0 Å². The van der Waals surface area contributed by atoms with E-state index in [-0.39, 0.29) is 23.3 Å². The number of fused-ring (bicyclic) bond motifs is 1. The average Bonchev–Trinajstić information content (AvgIpc) is 2.57.